The summed E-state index contributed by atoms with van der Waals surface area (Å²) in [5.74, 6) is 0.447. The van der Waals surface area contributed by atoms with E-state index in [0.717, 1.165) is 25.2 Å². The highest BCUT2D eigenvalue weighted by atomic mass is 32.2. The third-order valence-electron chi connectivity index (χ3n) is 3.57. The molecule has 2 aromatic rings. The van der Waals surface area contributed by atoms with E-state index < -0.39 is 10.0 Å². The average Bonchev–Trinajstić information content (AvgIpc) is 2.96. The molecular weight excluding hydrogens is 306 g/mol. The number of amides is 1. The summed E-state index contributed by atoms with van der Waals surface area (Å²) < 4.78 is 24.2. The minimum atomic E-state index is -3.76. The standard InChI is InChI=1S/C13H15N5O3S/c14-22(20,21)10-5-3-9(4-6-10)13(19)17-11-2-1-7-18-12(11)15-8-16-18/h3-6,8,11H,1-2,7H2,(H,17,19)(H2,14,20,21). The Morgan fingerprint density at radius 1 is 1.32 bits per heavy atom. The number of nitrogens with two attached hydrogens (primary N) is 1. The first-order valence-electron chi connectivity index (χ1n) is 6.76. The third kappa shape index (κ3) is 2.85. The highest BCUT2D eigenvalue weighted by molar-refractivity contribution is 7.89. The Balaban J connectivity index is 1.76. The van der Waals surface area contributed by atoms with Crippen LogP contribution in [-0.4, -0.2) is 29.1 Å². The van der Waals surface area contributed by atoms with E-state index in [2.05, 4.69) is 15.4 Å². The van der Waals surface area contributed by atoms with Gasteiger partial charge in [-0.05, 0) is 37.1 Å². The van der Waals surface area contributed by atoms with Crippen LogP contribution in [0.1, 0.15) is 35.1 Å². The summed E-state index contributed by atoms with van der Waals surface area (Å²) >= 11 is 0. The second-order valence-corrected chi connectivity index (χ2v) is 6.64. The molecule has 2 heterocycles. The monoisotopic (exact) mass is 321 g/mol. The molecule has 116 valence electrons. The normalized spacial score (nSPS) is 17.8. The zero-order valence-electron chi connectivity index (χ0n) is 11.6. The molecule has 1 amide bonds. The lowest BCUT2D eigenvalue weighted by Crippen LogP contribution is -2.33. The second kappa shape index (κ2) is 5.50. The van der Waals surface area contributed by atoms with Crippen molar-refractivity contribution in [1.82, 2.24) is 20.1 Å². The van der Waals surface area contributed by atoms with Crippen molar-refractivity contribution < 1.29 is 13.2 Å². The molecule has 0 saturated carbocycles. The Kier molecular flexibility index (Phi) is 3.67. The molecule has 1 aliphatic heterocycles. The molecule has 8 nitrogen and oxygen atoms in total. The number of nitrogens with one attached hydrogen (secondary N) is 1. The topological polar surface area (TPSA) is 120 Å². The van der Waals surface area contributed by atoms with Gasteiger partial charge in [-0.1, -0.05) is 0 Å². The van der Waals surface area contributed by atoms with Gasteiger partial charge in [-0.25, -0.2) is 23.2 Å². The van der Waals surface area contributed by atoms with Gasteiger partial charge in [0.25, 0.3) is 5.91 Å². The van der Waals surface area contributed by atoms with Gasteiger partial charge >= 0.3 is 0 Å². The Morgan fingerprint density at radius 2 is 2.05 bits per heavy atom. The molecule has 9 heteroatoms. The first kappa shape index (κ1) is 14.7. The molecule has 0 bridgehead atoms. The molecule has 0 saturated heterocycles. The van der Waals surface area contributed by atoms with Crippen molar-refractivity contribution in [3.63, 3.8) is 0 Å². The van der Waals surface area contributed by atoms with E-state index in [4.69, 9.17) is 5.14 Å². The maximum Gasteiger partial charge on any atom is 0.251 e. The fourth-order valence-corrected chi connectivity index (χ4v) is 2.98. The van der Waals surface area contributed by atoms with Crippen LogP contribution in [-0.2, 0) is 16.6 Å². The van der Waals surface area contributed by atoms with Crippen LogP contribution in [0, 0.1) is 0 Å². The number of rotatable bonds is 3. The van der Waals surface area contributed by atoms with Gasteiger partial charge in [0.2, 0.25) is 10.0 Å². The summed E-state index contributed by atoms with van der Waals surface area (Å²) in [4.78, 5) is 16.4. The van der Waals surface area contributed by atoms with Crippen LogP contribution >= 0.6 is 0 Å². The SMILES string of the molecule is NS(=O)(=O)c1ccc(C(=O)NC2CCCn3ncnc32)cc1. The Morgan fingerprint density at radius 3 is 2.73 bits per heavy atom. The smallest absolute Gasteiger partial charge is 0.251 e. The van der Waals surface area contributed by atoms with Crippen LogP contribution in [0.2, 0.25) is 0 Å². The molecule has 1 atom stereocenters. The number of primary sulfonamides is 1. The van der Waals surface area contributed by atoms with Crippen molar-refractivity contribution in [3.8, 4) is 0 Å². The van der Waals surface area contributed by atoms with Gasteiger partial charge in [0.1, 0.15) is 12.2 Å². The number of hydrogen-bond donors (Lipinski definition) is 2. The van der Waals surface area contributed by atoms with E-state index in [-0.39, 0.29) is 16.8 Å². The molecule has 1 aliphatic rings. The lowest BCUT2D eigenvalue weighted by atomic mass is 10.1. The first-order chi connectivity index (χ1) is 10.4. The van der Waals surface area contributed by atoms with E-state index >= 15 is 0 Å². The number of carbonyl (C=O) groups is 1. The first-order valence-corrected chi connectivity index (χ1v) is 8.31. The fraction of sp³-hybridized carbons (Fsp3) is 0.308. The van der Waals surface area contributed by atoms with Crippen LogP contribution in [0.25, 0.3) is 0 Å². The van der Waals surface area contributed by atoms with Gasteiger partial charge in [0.15, 0.2) is 0 Å². The van der Waals surface area contributed by atoms with E-state index in [1.807, 2.05) is 0 Å². The van der Waals surface area contributed by atoms with Gasteiger partial charge in [0, 0.05) is 12.1 Å². The van der Waals surface area contributed by atoms with Crippen molar-refractivity contribution in [3.05, 3.63) is 42.0 Å². The predicted molar refractivity (Wildman–Crippen MR) is 77.3 cm³/mol. The van der Waals surface area contributed by atoms with Gasteiger partial charge in [-0.3, -0.25) is 4.79 Å². The number of carbonyl (C=O) groups excluding carboxylic acids is 1. The van der Waals surface area contributed by atoms with Crippen molar-refractivity contribution in [2.45, 2.75) is 30.3 Å². The number of aryl methyl sites for hydroxylation is 1. The zero-order chi connectivity index (χ0) is 15.7. The lowest BCUT2D eigenvalue weighted by Gasteiger charge is -2.23. The summed E-state index contributed by atoms with van der Waals surface area (Å²) in [5, 5.41) is 12.0. The van der Waals surface area contributed by atoms with Crippen LogP contribution in [0.4, 0.5) is 0 Å². The minimum Gasteiger partial charge on any atom is -0.342 e. The third-order valence-corrected chi connectivity index (χ3v) is 4.50. The van der Waals surface area contributed by atoms with Crippen LogP contribution in [0.3, 0.4) is 0 Å². The van der Waals surface area contributed by atoms with E-state index in [1.54, 1.807) is 4.68 Å². The van der Waals surface area contributed by atoms with Gasteiger partial charge < -0.3 is 5.32 Å². The number of fused-ring (bicyclic) bond motifs is 1. The van der Waals surface area contributed by atoms with Crippen LogP contribution in [0.5, 0.6) is 0 Å². The molecule has 1 aromatic heterocycles. The lowest BCUT2D eigenvalue weighted by molar-refractivity contribution is 0.0927. The van der Waals surface area contributed by atoms with Crippen molar-refractivity contribution in [2.24, 2.45) is 5.14 Å². The predicted octanol–water partition coefficient (Wildman–Crippen LogP) is 0.190. The maximum absolute atomic E-state index is 12.3. The number of sulfonamides is 1. The largest absolute Gasteiger partial charge is 0.342 e. The maximum atomic E-state index is 12.3. The van der Waals surface area contributed by atoms with Gasteiger partial charge in [0.05, 0.1) is 10.9 Å². The van der Waals surface area contributed by atoms with E-state index in [1.165, 1.54) is 30.6 Å². The average molecular weight is 321 g/mol. The van der Waals surface area contributed by atoms with Crippen LogP contribution in [0.15, 0.2) is 35.5 Å². The number of benzene rings is 1. The van der Waals surface area contributed by atoms with Gasteiger partial charge in [-0.2, -0.15) is 5.10 Å². The molecule has 1 aromatic carbocycles. The number of aromatic nitrogens is 3. The van der Waals surface area contributed by atoms with Crippen molar-refractivity contribution >= 4 is 15.9 Å². The van der Waals surface area contributed by atoms with Crippen LogP contribution < -0.4 is 10.5 Å². The highest BCUT2D eigenvalue weighted by Crippen LogP contribution is 2.22. The molecule has 0 radical (unpaired) electrons. The highest BCUT2D eigenvalue weighted by Gasteiger charge is 2.24. The molecule has 3 N–H and O–H groups in total. The number of hydrogen-bond acceptors (Lipinski definition) is 5. The summed E-state index contributed by atoms with van der Waals surface area (Å²) in [6.45, 7) is 0.796. The summed E-state index contributed by atoms with van der Waals surface area (Å²) in [6.07, 6.45) is 3.17. The molecule has 0 aliphatic carbocycles. The molecule has 22 heavy (non-hydrogen) atoms. The summed E-state index contributed by atoms with van der Waals surface area (Å²) in [5.41, 5.74) is 0.365. The Hall–Kier alpha value is -2.26. The molecule has 0 spiro atoms. The Bertz CT molecular complexity index is 797. The van der Waals surface area contributed by atoms with E-state index in [9.17, 15) is 13.2 Å². The minimum absolute atomic E-state index is 0.0264. The molecular formula is C13H15N5O3S. The Labute approximate surface area is 127 Å². The van der Waals surface area contributed by atoms with E-state index in [0.29, 0.717) is 5.56 Å². The summed E-state index contributed by atoms with van der Waals surface area (Å²) in [6, 6.07) is 5.30. The van der Waals surface area contributed by atoms with Gasteiger partial charge in [-0.15, -0.1) is 0 Å². The number of nitrogens with zero attached hydrogens (tertiary/aromatic N) is 3. The van der Waals surface area contributed by atoms with Crippen molar-refractivity contribution in [1.29, 1.82) is 0 Å². The summed E-state index contributed by atoms with van der Waals surface area (Å²) in [7, 11) is -3.76. The molecule has 3 rings (SSSR count). The molecule has 1 unspecified atom stereocenters. The zero-order valence-corrected chi connectivity index (χ0v) is 12.5. The second-order valence-electron chi connectivity index (χ2n) is 5.08. The molecule has 0 fully saturated rings. The quantitative estimate of drug-likeness (QED) is 0.836. The van der Waals surface area contributed by atoms with Crippen molar-refractivity contribution in [2.75, 3.05) is 0 Å². The fourth-order valence-electron chi connectivity index (χ4n) is 2.46.